The lowest BCUT2D eigenvalue weighted by molar-refractivity contribution is -0.134. The van der Waals surface area contributed by atoms with Crippen molar-refractivity contribution in [2.24, 2.45) is 0 Å². The van der Waals surface area contributed by atoms with Crippen molar-refractivity contribution in [3.8, 4) is 0 Å². The van der Waals surface area contributed by atoms with E-state index < -0.39 is 0 Å². The Labute approximate surface area is 174 Å². The Kier molecular flexibility index (Phi) is 4.41. The molecule has 30 heavy (non-hydrogen) atoms. The van der Waals surface area contributed by atoms with Crippen LogP contribution < -0.4 is 5.56 Å². The normalized spacial score (nSPS) is 20.7. The zero-order valence-electron chi connectivity index (χ0n) is 17.4. The summed E-state index contributed by atoms with van der Waals surface area (Å²) in [5.41, 5.74) is 2.77. The molecule has 2 aromatic heterocycles. The summed E-state index contributed by atoms with van der Waals surface area (Å²) in [6.45, 7) is 5.11. The Morgan fingerprint density at radius 1 is 1.17 bits per heavy atom. The Bertz CT molecular complexity index is 1210. The summed E-state index contributed by atoms with van der Waals surface area (Å²) in [5, 5.41) is 5.84. The number of rotatable bonds is 2. The van der Waals surface area contributed by atoms with E-state index in [1.165, 1.54) is 10.2 Å². The summed E-state index contributed by atoms with van der Waals surface area (Å²) >= 11 is 0. The monoisotopic (exact) mass is 403 g/mol. The van der Waals surface area contributed by atoms with Crippen molar-refractivity contribution in [2.45, 2.75) is 51.5 Å². The molecule has 0 saturated carbocycles. The zero-order valence-corrected chi connectivity index (χ0v) is 17.4. The van der Waals surface area contributed by atoms with Gasteiger partial charge in [-0.05, 0) is 51.2 Å². The molecular formula is C23H25N5O2. The Morgan fingerprint density at radius 2 is 1.97 bits per heavy atom. The van der Waals surface area contributed by atoms with Crippen LogP contribution in [0.5, 0.6) is 0 Å². The Hall–Kier alpha value is -3.09. The Balaban J connectivity index is 1.42. The summed E-state index contributed by atoms with van der Waals surface area (Å²) in [4.78, 5) is 37.0. The van der Waals surface area contributed by atoms with Gasteiger partial charge in [-0.25, -0.2) is 14.6 Å². The predicted octanol–water partition coefficient (Wildman–Crippen LogP) is 2.31. The highest BCUT2D eigenvalue weighted by Gasteiger charge is 2.44. The molecule has 0 N–H and O–H groups in total. The van der Waals surface area contributed by atoms with E-state index in [1.54, 1.807) is 6.07 Å². The van der Waals surface area contributed by atoms with Crippen LogP contribution >= 0.6 is 0 Å². The molecule has 1 spiro atoms. The quantitative estimate of drug-likeness (QED) is 0.656. The number of likely N-dealkylation sites (tertiary alicyclic amines) is 1. The second-order valence-electron chi connectivity index (χ2n) is 8.58. The number of carbonyl (C=O) groups excluding carboxylic acids is 1. The number of aryl methyl sites for hydroxylation is 3. The molecule has 1 unspecified atom stereocenters. The largest absolute Gasteiger partial charge is 0.340 e. The SMILES string of the molecule is Cc1ncc2c(n1)C1(CCCN(C(=O)Cn3nc(C)c4ccccc4c3=O)C1)CC2. The van der Waals surface area contributed by atoms with Gasteiger partial charge in [0, 0.05) is 30.1 Å². The van der Waals surface area contributed by atoms with E-state index in [9.17, 15) is 9.59 Å². The first kappa shape index (κ1) is 18.9. The molecular weight excluding hydrogens is 378 g/mol. The number of fused-ring (bicyclic) bond motifs is 3. The summed E-state index contributed by atoms with van der Waals surface area (Å²) in [5.74, 6) is 0.721. The van der Waals surface area contributed by atoms with E-state index >= 15 is 0 Å². The molecule has 3 aromatic rings. The highest BCUT2D eigenvalue weighted by molar-refractivity contribution is 5.83. The third-order valence-electron chi connectivity index (χ3n) is 6.63. The average molecular weight is 403 g/mol. The lowest BCUT2D eigenvalue weighted by Gasteiger charge is -2.40. The molecule has 1 aliphatic carbocycles. The van der Waals surface area contributed by atoms with Gasteiger partial charge in [-0.3, -0.25) is 9.59 Å². The van der Waals surface area contributed by atoms with Crippen LogP contribution in [0.3, 0.4) is 0 Å². The molecule has 0 bridgehead atoms. The molecule has 0 radical (unpaired) electrons. The number of aromatic nitrogens is 4. The van der Waals surface area contributed by atoms with E-state index in [4.69, 9.17) is 4.98 Å². The maximum absolute atomic E-state index is 13.2. The van der Waals surface area contributed by atoms with Crippen molar-refractivity contribution in [1.82, 2.24) is 24.6 Å². The first-order chi connectivity index (χ1) is 14.5. The lowest BCUT2D eigenvalue weighted by Crippen LogP contribution is -2.49. The van der Waals surface area contributed by atoms with Crippen LogP contribution in [0.1, 0.15) is 42.0 Å². The van der Waals surface area contributed by atoms with Gasteiger partial charge in [0.05, 0.1) is 16.8 Å². The fourth-order valence-electron chi connectivity index (χ4n) is 5.11. The van der Waals surface area contributed by atoms with Crippen LogP contribution in [0, 0.1) is 13.8 Å². The molecule has 1 aliphatic heterocycles. The van der Waals surface area contributed by atoms with Gasteiger partial charge in [-0.2, -0.15) is 5.10 Å². The van der Waals surface area contributed by atoms with Gasteiger partial charge in [0.25, 0.3) is 5.56 Å². The topological polar surface area (TPSA) is 81.0 Å². The van der Waals surface area contributed by atoms with Crippen molar-refractivity contribution < 1.29 is 4.79 Å². The molecule has 1 saturated heterocycles. The number of hydrogen-bond acceptors (Lipinski definition) is 5. The summed E-state index contributed by atoms with van der Waals surface area (Å²) in [6, 6.07) is 7.41. The van der Waals surface area contributed by atoms with Gasteiger partial charge in [-0.1, -0.05) is 18.2 Å². The first-order valence-corrected chi connectivity index (χ1v) is 10.5. The maximum atomic E-state index is 13.2. The minimum atomic E-state index is -0.217. The van der Waals surface area contributed by atoms with Gasteiger partial charge >= 0.3 is 0 Å². The molecule has 5 rings (SSSR count). The maximum Gasteiger partial charge on any atom is 0.275 e. The smallest absolute Gasteiger partial charge is 0.275 e. The van der Waals surface area contributed by atoms with Gasteiger partial charge in [-0.15, -0.1) is 0 Å². The van der Waals surface area contributed by atoms with Gasteiger partial charge < -0.3 is 4.90 Å². The molecule has 7 nitrogen and oxygen atoms in total. The van der Waals surface area contributed by atoms with E-state index in [1.807, 2.05) is 43.1 Å². The molecule has 1 fully saturated rings. The molecule has 154 valence electrons. The molecule has 1 aromatic carbocycles. The third kappa shape index (κ3) is 3.00. The molecule has 1 amide bonds. The van der Waals surface area contributed by atoms with Crippen LogP contribution in [0.15, 0.2) is 35.3 Å². The van der Waals surface area contributed by atoms with Crippen molar-refractivity contribution in [2.75, 3.05) is 13.1 Å². The molecule has 3 heterocycles. The van der Waals surface area contributed by atoms with Crippen LogP contribution in [0.4, 0.5) is 0 Å². The van der Waals surface area contributed by atoms with Crippen LogP contribution in [0.25, 0.3) is 10.8 Å². The van der Waals surface area contributed by atoms with E-state index in [0.717, 1.165) is 48.3 Å². The van der Waals surface area contributed by atoms with Crippen LogP contribution in [-0.2, 0) is 23.2 Å². The second-order valence-corrected chi connectivity index (χ2v) is 8.58. The van der Waals surface area contributed by atoms with E-state index in [0.29, 0.717) is 18.5 Å². The number of hydrogen-bond donors (Lipinski definition) is 0. The fraction of sp³-hybridized carbons (Fsp3) is 0.435. The second kappa shape index (κ2) is 7.00. The molecule has 7 heteroatoms. The van der Waals surface area contributed by atoms with Crippen molar-refractivity contribution in [3.05, 3.63) is 63.6 Å². The number of nitrogens with zero attached hydrogens (tertiary/aromatic N) is 5. The van der Waals surface area contributed by atoms with Gasteiger partial charge in [0.2, 0.25) is 5.91 Å². The summed E-state index contributed by atoms with van der Waals surface area (Å²) in [6.07, 6.45) is 5.87. The number of amides is 1. The highest BCUT2D eigenvalue weighted by Crippen LogP contribution is 2.43. The number of piperidine rings is 1. The highest BCUT2D eigenvalue weighted by atomic mass is 16.2. The lowest BCUT2D eigenvalue weighted by atomic mass is 9.77. The average Bonchev–Trinajstić information content (AvgIpc) is 3.08. The van der Waals surface area contributed by atoms with Crippen molar-refractivity contribution in [1.29, 1.82) is 0 Å². The minimum Gasteiger partial charge on any atom is -0.340 e. The molecule has 2 aliphatic rings. The standard InChI is InChI=1S/C23H25N5O2/c1-15-18-6-3-4-7-19(18)22(30)28(26-15)13-20(29)27-11-5-9-23(14-27)10-8-17-12-24-16(2)25-21(17)23/h3-4,6-7,12H,5,8-11,13-14H2,1-2H3. The zero-order chi connectivity index (χ0) is 20.9. The number of benzene rings is 1. The number of carbonyl (C=O) groups is 1. The predicted molar refractivity (Wildman–Crippen MR) is 113 cm³/mol. The summed E-state index contributed by atoms with van der Waals surface area (Å²) in [7, 11) is 0. The van der Waals surface area contributed by atoms with Gasteiger partial charge in [0.1, 0.15) is 12.4 Å². The Morgan fingerprint density at radius 3 is 2.80 bits per heavy atom. The molecule has 1 atom stereocenters. The fourth-order valence-corrected chi connectivity index (χ4v) is 5.11. The van der Waals surface area contributed by atoms with Crippen molar-refractivity contribution >= 4 is 16.7 Å². The minimum absolute atomic E-state index is 0.0315. The van der Waals surface area contributed by atoms with Crippen molar-refractivity contribution in [3.63, 3.8) is 0 Å². The first-order valence-electron chi connectivity index (χ1n) is 10.5. The third-order valence-corrected chi connectivity index (χ3v) is 6.63. The van der Waals surface area contributed by atoms with Gasteiger partial charge in [0.15, 0.2) is 0 Å². The van der Waals surface area contributed by atoms with Crippen LogP contribution in [-0.4, -0.2) is 43.6 Å². The van der Waals surface area contributed by atoms with E-state index in [2.05, 4.69) is 10.1 Å². The van der Waals surface area contributed by atoms with Crippen LogP contribution in [0.2, 0.25) is 0 Å². The van der Waals surface area contributed by atoms with E-state index in [-0.39, 0.29) is 23.4 Å². The summed E-state index contributed by atoms with van der Waals surface area (Å²) < 4.78 is 1.32.